The van der Waals surface area contributed by atoms with Crippen LogP contribution in [0.2, 0.25) is 0 Å². The van der Waals surface area contributed by atoms with Crippen molar-refractivity contribution in [2.75, 3.05) is 32.8 Å². The Labute approximate surface area is 166 Å². The van der Waals surface area contributed by atoms with Gasteiger partial charge >= 0.3 is 0 Å². The van der Waals surface area contributed by atoms with Crippen molar-refractivity contribution in [3.63, 3.8) is 0 Å². The molecule has 1 heterocycles. The fourth-order valence-electron chi connectivity index (χ4n) is 3.53. The minimum atomic E-state index is -3.53. The molecule has 1 unspecified atom stereocenters. The maximum absolute atomic E-state index is 12.6. The van der Waals surface area contributed by atoms with E-state index in [4.69, 9.17) is 4.74 Å². The summed E-state index contributed by atoms with van der Waals surface area (Å²) in [5, 5.41) is 1.95. The first-order valence-electron chi connectivity index (χ1n) is 9.49. The highest BCUT2D eigenvalue weighted by Gasteiger charge is 2.22. The number of sulfonamides is 1. The maximum atomic E-state index is 12.6. The summed E-state index contributed by atoms with van der Waals surface area (Å²) < 4.78 is 33.9. The van der Waals surface area contributed by atoms with Gasteiger partial charge in [0, 0.05) is 26.2 Å². The summed E-state index contributed by atoms with van der Waals surface area (Å²) in [6, 6.07) is 23.1. The van der Waals surface area contributed by atoms with Gasteiger partial charge in [-0.3, -0.25) is 4.90 Å². The number of morpholine rings is 1. The molecule has 0 amide bonds. The highest BCUT2D eigenvalue weighted by molar-refractivity contribution is 7.89. The molecule has 6 heteroatoms. The second-order valence-corrected chi connectivity index (χ2v) is 8.74. The number of nitrogens with zero attached hydrogens (tertiary/aromatic N) is 1. The highest BCUT2D eigenvalue weighted by atomic mass is 32.2. The number of nitrogens with one attached hydrogen (secondary N) is 1. The van der Waals surface area contributed by atoms with E-state index in [1.54, 1.807) is 12.1 Å². The predicted molar refractivity (Wildman–Crippen MR) is 111 cm³/mol. The molecule has 0 spiro atoms. The molecule has 1 aliphatic heterocycles. The van der Waals surface area contributed by atoms with Crippen LogP contribution >= 0.6 is 0 Å². The quantitative estimate of drug-likeness (QED) is 0.695. The summed E-state index contributed by atoms with van der Waals surface area (Å²) in [6.07, 6.45) is 0.0343. The lowest BCUT2D eigenvalue weighted by atomic mass is 10.1. The zero-order chi connectivity index (χ0) is 19.4. The third-order valence-electron chi connectivity index (χ3n) is 5.07. The number of rotatable bonds is 6. The van der Waals surface area contributed by atoms with E-state index in [1.807, 2.05) is 48.5 Å². The third-order valence-corrected chi connectivity index (χ3v) is 6.53. The number of fused-ring (bicyclic) bond motifs is 1. The van der Waals surface area contributed by atoms with Gasteiger partial charge in [0.05, 0.1) is 17.6 Å². The Hall–Kier alpha value is -2.25. The van der Waals surface area contributed by atoms with Crippen molar-refractivity contribution in [2.24, 2.45) is 0 Å². The molecule has 0 bridgehead atoms. The minimum Gasteiger partial charge on any atom is -0.371 e. The van der Waals surface area contributed by atoms with Crippen LogP contribution in [0.1, 0.15) is 11.7 Å². The van der Waals surface area contributed by atoms with Crippen LogP contribution in [0.5, 0.6) is 0 Å². The first-order chi connectivity index (χ1) is 13.6. The van der Waals surface area contributed by atoms with Gasteiger partial charge in [-0.15, -0.1) is 0 Å². The van der Waals surface area contributed by atoms with Gasteiger partial charge in [-0.25, -0.2) is 13.1 Å². The SMILES string of the molecule is O=S(=O)(NCCN1CCOC(c2ccccc2)C1)c1ccc2ccccc2c1. The van der Waals surface area contributed by atoms with Crippen molar-refractivity contribution in [1.29, 1.82) is 0 Å². The van der Waals surface area contributed by atoms with Gasteiger partial charge < -0.3 is 4.74 Å². The second-order valence-electron chi connectivity index (χ2n) is 6.98. The van der Waals surface area contributed by atoms with E-state index in [0.29, 0.717) is 24.6 Å². The molecule has 1 aliphatic rings. The molecule has 0 saturated carbocycles. The van der Waals surface area contributed by atoms with Crippen molar-refractivity contribution in [3.8, 4) is 0 Å². The molecule has 3 aromatic carbocycles. The minimum absolute atomic E-state index is 0.0343. The standard InChI is InChI=1S/C22H24N2O3S/c25-28(26,21-11-10-18-6-4-5-9-20(18)16-21)23-12-13-24-14-15-27-22(17-24)19-7-2-1-3-8-19/h1-11,16,22-23H,12-15,17H2. The fraction of sp³-hybridized carbons (Fsp3) is 0.273. The Morgan fingerprint density at radius 1 is 0.964 bits per heavy atom. The molecule has 3 aromatic rings. The Morgan fingerprint density at radius 3 is 2.54 bits per heavy atom. The monoisotopic (exact) mass is 396 g/mol. The van der Waals surface area contributed by atoms with Crippen LogP contribution in [0, 0.1) is 0 Å². The van der Waals surface area contributed by atoms with E-state index in [-0.39, 0.29) is 6.10 Å². The lowest BCUT2D eigenvalue weighted by Crippen LogP contribution is -2.42. The molecule has 1 saturated heterocycles. The van der Waals surface area contributed by atoms with E-state index in [9.17, 15) is 8.42 Å². The van der Waals surface area contributed by atoms with Crippen LogP contribution < -0.4 is 4.72 Å². The zero-order valence-corrected chi connectivity index (χ0v) is 16.4. The Bertz CT molecular complexity index is 1040. The molecule has 1 atom stereocenters. The molecule has 4 rings (SSSR count). The summed E-state index contributed by atoms with van der Waals surface area (Å²) >= 11 is 0. The average molecular weight is 397 g/mol. The lowest BCUT2D eigenvalue weighted by molar-refractivity contribution is -0.0291. The van der Waals surface area contributed by atoms with Gasteiger partial charge in [0.15, 0.2) is 0 Å². The van der Waals surface area contributed by atoms with Crippen molar-refractivity contribution in [2.45, 2.75) is 11.0 Å². The third kappa shape index (κ3) is 4.42. The van der Waals surface area contributed by atoms with E-state index in [1.165, 1.54) is 0 Å². The first-order valence-corrected chi connectivity index (χ1v) is 11.0. The number of hydrogen-bond donors (Lipinski definition) is 1. The molecule has 0 aromatic heterocycles. The van der Waals surface area contributed by atoms with Crippen molar-refractivity contribution >= 4 is 20.8 Å². The fourth-order valence-corrected chi connectivity index (χ4v) is 4.59. The maximum Gasteiger partial charge on any atom is 0.240 e. The van der Waals surface area contributed by atoms with Gasteiger partial charge in [-0.1, -0.05) is 60.7 Å². The van der Waals surface area contributed by atoms with Crippen molar-refractivity contribution in [3.05, 3.63) is 78.4 Å². The zero-order valence-electron chi connectivity index (χ0n) is 15.6. The summed E-state index contributed by atoms with van der Waals surface area (Å²) in [7, 11) is -3.53. The van der Waals surface area contributed by atoms with Crippen LogP contribution in [0.3, 0.4) is 0 Å². The molecule has 0 aliphatic carbocycles. The number of benzene rings is 3. The molecular formula is C22H24N2O3S. The highest BCUT2D eigenvalue weighted by Crippen LogP contribution is 2.22. The molecule has 1 fully saturated rings. The van der Waals surface area contributed by atoms with E-state index >= 15 is 0 Å². The average Bonchev–Trinajstić information content (AvgIpc) is 2.74. The Balaban J connectivity index is 1.35. The largest absolute Gasteiger partial charge is 0.371 e. The molecule has 1 N–H and O–H groups in total. The van der Waals surface area contributed by atoms with Gasteiger partial charge in [0.1, 0.15) is 0 Å². The van der Waals surface area contributed by atoms with Crippen LogP contribution in [-0.4, -0.2) is 46.1 Å². The van der Waals surface area contributed by atoms with Gasteiger partial charge in [0.25, 0.3) is 0 Å². The summed E-state index contributed by atoms with van der Waals surface area (Å²) in [4.78, 5) is 2.54. The smallest absolute Gasteiger partial charge is 0.240 e. The van der Waals surface area contributed by atoms with E-state index in [2.05, 4.69) is 21.8 Å². The molecule has 5 nitrogen and oxygen atoms in total. The number of hydrogen-bond acceptors (Lipinski definition) is 4. The summed E-state index contributed by atoms with van der Waals surface area (Å²) in [5.41, 5.74) is 1.16. The first kappa shape index (κ1) is 19.1. The molecular weight excluding hydrogens is 372 g/mol. The van der Waals surface area contributed by atoms with E-state index in [0.717, 1.165) is 29.4 Å². The van der Waals surface area contributed by atoms with E-state index < -0.39 is 10.0 Å². The van der Waals surface area contributed by atoms with Crippen LogP contribution in [0.4, 0.5) is 0 Å². The van der Waals surface area contributed by atoms with Crippen LogP contribution in [0.15, 0.2) is 77.7 Å². The van der Waals surface area contributed by atoms with Crippen molar-refractivity contribution in [1.82, 2.24) is 9.62 Å². The lowest BCUT2D eigenvalue weighted by Gasteiger charge is -2.33. The van der Waals surface area contributed by atoms with Crippen molar-refractivity contribution < 1.29 is 13.2 Å². The van der Waals surface area contributed by atoms with Gasteiger partial charge in [0.2, 0.25) is 10.0 Å². The summed E-state index contributed by atoms with van der Waals surface area (Å²) in [5.74, 6) is 0. The predicted octanol–water partition coefficient (Wildman–Crippen LogP) is 3.19. The molecule has 28 heavy (non-hydrogen) atoms. The topological polar surface area (TPSA) is 58.6 Å². The summed E-state index contributed by atoms with van der Waals surface area (Å²) in [6.45, 7) is 3.25. The van der Waals surface area contributed by atoms with Crippen LogP contribution in [0.25, 0.3) is 10.8 Å². The molecule has 0 radical (unpaired) electrons. The molecule has 146 valence electrons. The normalized spacial score (nSPS) is 18.4. The Morgan fingerprint density at radius 2 is 1.71 bits per heavy atom. The van der Waals surface area contributed by atoms with Gasteiger partial charge in [-0.05, 0) is 28.5 Å². The van der Waals surface area contributed by atoms with Gasteiger partial charge in [-0.2, -0.15) is 0 Å². The second kappa shape index (κ2) is 8.41. The Kier molecular flexibility index (Phi) is 5.73. The van der Waals surface area contributed by atoms with Crippen LogP contribution in [-0.2, 0) is 14.8 Å². The number of ether oxygens (including phenoxy) is 1.